The fourth-order valence-corrected chi connectivity index (χ4v) is 3.07. The number of nitrogens with one attached hydrogen (secondary N) is 1. The first-order chi connectivity index (χ1) is 12.0. The van der Waals surface area contributed by atoms with E-state index in [9.17, 15) is 9.59 Å². The van der Waals surface area contributed by atoms with Crippen LogP contribution in [0.15, 0.2) is 30.6 Å². The number of hydrogen-bond donors (Lipinski definition) is 2. The van der Waals surface area contributed by atoms with Crippen molar-refractivity contribution in [2.75, 3.05) is 18.4 Å². The Kier molecular flexibility index (Phi) is 4.74. The highest BCUT2D eigenvalue weighted by Gasteiger charge is 2.26. The van der Waals surface area contributed by atoms with E-state index in [4.69, 9.17) is 5.73 Å². The van der Waals surface area contributed by atoms with Crippen LogP contribution in [0.2, 0.25) is 0 Å². The van der Waals surface area contributed by atoms with Crippen molar-refractivity contribution in [2.24, 2.45) is 11.7 Å². The minimum Gasteiger partial charge on any atom is -0.351 e. The largest absolute Gasteiger partial charge is 0.351 e. The van der Waals surface area contributed by atoms with Crippen LogP contribution in [0.1, 0.15) is 24.2 Å². The van der Waals surface area contributed by atoms with Gasteiger partial charge in [-0.3, -0.25) is 4.79 Å². The van der Waals surface area contributed by atoms with Crippen LogP contribution in [-0.2, 0) is 4.79 Å². The summed E-state index contributed by atoms with van der Waals surface area (Å²) in [6.07, 6.45) is 3.07. The number of rotatable bonds is 3. The van der Waals surface area contributed by atoms with Crippen LogP contribution in [0.4, 0.5) is 10.5 Å². The number of piperidine rings is 1. The first-order valence-corrected chi connectivity index (χ1v) is 8.42. The van der Waals surface area contributed by atoms with E-state index in [1.807, 2.05) is 42.7 Å². The molecular weight excluding hydrogens is 318 g/mol. The Balaban J connectivity index is 1.61. The van der Waals surface area contributed by atoms with Crippen LogP contribution in [0.25, 0.3) is 5.69 Å². The molecule has 3 rings (SSSR count). The molecule has 1 saturated heterocycles. The quantitative estimate of drug-likeness (QED) is 0.896. The molecule has 132 valence electrons. The Labute approximate surface area is 146 Å². The summed E-state index contributed by atoms with van der Waals surface area (Å²) < 4.78 is 2.01. The number of carbonyl (C=O) groups is 2. The number of carbonyl (C=O) groups excluding carboxylic acids is 2. The molecule has 3 amide bonds. The van der Waals surface area contributed by atoms with Gasteiger partial charge in [0.05, 0.1) is 12.0 Å². The van der Waals surface area contributed by atoms with E-state index in [2.05, 4.69) is 10.3 Å². The summed E-state index contributed by atoms with van der Waals surface area (Å²) in [6, 6.07) is 7.28. The summed E-state index contributed by atoms with van der Waals surface area (Å²) in [5.74, 6) is -0.0969. The third-order valence-electron chi connectivity index (χ3n) is 4.84. The van der Waals surface area contributed by atoms with Gasteiger partial charge >= 0.3 is 6.03 Å². The fourth-order valence-electron chi connectivity index (χ4n) is 3.07. The number of nitrogens with zero attached hydrogens (tertiary/aromatic N) is 3. The second-order valence-corrected chi connectivity index (χ2v) is 6.42. The topological polar surface area (TPSA) is 93.2 Å². The molecule has 1 fully saturated rings. The van der Waals surface area contributed by atoms with E-state index in [0.717, 1.165) is 22.8 Å². The summed E-state index contributed by atoms with van der Waals surface area (Å²) in [5.41, 5.74) is 9.13. The maximum absolute atomic E-state index is 12.4. The second kappa shape index (κ2) is 6.96. The zero-order valence-electron chi connectivity index (χ0n) is 14.5. The van der Waals surface area contributed by atoms with E-state index in [-0.39, 0.29) is 11.8 Å². The Morgan fingerprint density at radius 1 is 1.16 bits per heavy atom. The van der Waals surface area contributed by atoms with Gasteiger partial charge in [-0.15, -0.1) is 0 Å². The Hall–Kier alpha value is -2.83. The predicted molar refractivity (Wildman–Crippen MR) is 95.5 cm³/mol. The van der Waals surface area contributed by atoms with Crippen molar-refractivity contribution in [2.45, 2.75) is 26.7 Å². The van der Waals surface area contributed by atoms with Crippen molar-refractivity contribution in [1.29, 1.82) is 0 Å². The molecule has 0 radical (unpaired) electrons. The third-order valence-corrected chi connectivity index (χ3v) is 4.84. The van der Waals surface area contributed by atoms with E-state index in [0.29, 0.717) is 25.9 Å². The summed E-state index contributed by atoms with van der Waals surface area (Å²) >= 11 is 0. The lowest BCUT2D eigenvalue weighted by Gasteiger charge is -2.29. The van der Waals surface area contributed by atoms with E-state index in [1.165, 1.54) is 0 Å². The summed E-state index contributed by atoms with van der Waals surface area (Å²) in [6.45, 7) is 5.07. The monoisotopic (exact) mass is 341 g/mol. The molecule has 25 heavy (non-hydrogen) atoms. The molecule has 7 heteroatoms. The molecule has 0 spiro atoms. The van der Waals surface area contributed by atoms with Crippen molar-refractivity contribution in [3.8, 4) is 5.69 Å². The first-order valence-electron chi connectivity index (χ1n) is 8.42. The molecule has 0 aliphatic carbocycles. The SMILES string of the molecule is Cc1ncn(-c2ccc(NC(=O)C3CCN(C(N)=O)CC3)cc2)c1C. The third kappa shape index (κ3) is 3.65. The molecule has 1 aliphatic heterocycles. The van der Waals surface area contributed by atoms with Crippen LogP contribution < -0.4 is 11.1 Å². The summed E-state index contributed by atoms with van der Waals surface area (Å²) in [5, 5.41) is 2.96. The molecule has 7 nitrogen and oxygen atoms in total. The van der Waals surface area contributed by atoms with Gasteiger partial charge in [-0.2, -0.15) is 0 Å². The van der Waals surface area contributed by atoms with Gasteiger partial charge < -0.3 is 20.5 Å². The Morgan fingerprint density at radius 2 is 1.80 bits per heavy atom. The van der Waals surface area contributed by atoms with Gasteiger partial charge in [0.1, 0.15) is 0 Å². The highest BCUT2D eigenvalue weighted by atomic mass is 16.2. The predicted octanol–water partition coefficient (Wildman–Crippen LogP) is 2.22. The van der Waals surface area contributed by atoms with Crippen molar-refractivity contribution in [1.82, 2.24) is 14.5 Å². The standard InChI is InChI=1S/C18H23N5O2/c1-12-13(2)23(11-20-12)16-5-3-15(4-6-16)21-17(24)14-7-9-22(10-8-14)18(19)25/h3-6,11,14H,7-10H2,1-2H3,(H2,19,25)(H,21,24). The maximum atomic E-state index is 12.4. The molecule has 0 saturated carbocycles. The van der Waals surface area contributed by atoms with Gasteiger partial charge in [-0.1, -0.05) is 0 Å². The molecule has 1 aromatic heterocycles. The number of anilines is 1. The number of likely N-dealkylation sites (tertiary alicyclic amines) is 1. The summed E-state index contributed by atoms with van der Waals surface area (Å²) in [7, 11) is 0. The number of primary amides is 1. The molecule has 3 N–H and O–H groups in total. The van der Waals surface area contributed by atoms with Crippen molar-refractivity contribution in [3.05, 3.63) is 42.0 Å². The number of imidazole rings is 1. The number of urea groups is 1. The zero-order chi connectivity index (χ0) is 18.0. The number of benzene rings is 1. The van der Waals surface area contributed by atoms with Gasteiger partial charge in [0.15, 0.2) is 0 Å². The minimum absolute atomic E-state index is 0.00785. The van der Waals surface area contributed by atoms with Crippen LogP contribution in [0.5, 0.6) is 0 Å². The van der Waals surface area contributed by atoms with Crippen LogP contribution in [-0.4, -0.2) is 39.5 Å². The molecule has 1 aliphatic rings. The highest BCUT2D eigenvalue weighted by molar-refractivity contribution is 5.92. The average molecular weight is 341 g/mol. The smallest absolute Gasteiger partial charge is 0.314 e. The molecular formula is C18H23N5O2. The highest BCUT2D eigenvalue weighted by Crippen LogP contribution is 2.21. The molecule has 2 aromatic rings. The number of hydrogen-bond acceptors (Lipinski definition) is 3. The van der Waals surface area contributed by atoms with Gasteiger partial charge in [0, 0.05) is 36.1 Å². The normalized spacial score (nSPS) is 15.2. The second-order valence-electron chi connectivity index (χ2n) is 6.42. The van der Waals surface area contributed by atoms with Crippen LogP contribution in [0.3, 0.4) is 0 Å². The molecule has 0 atom stereocenters. The van der Waals surface area contributed by atoms with Crippen molar-refractivity contribution in [3.63, 3.8) is 0 Å². The van der Waals surface area contributed by atoms with Gasteiger partial charge in [0.25, 0.3) is 0 Å². The van der Waals surface area contributed by atoms with E-state index >= 15 is 0 Å². The maximum Gasteiger partial charge on any atom is 0.314 e. The van der Waals surface area contributed by atoms with Crippen LogP contribution in [0, 0.1) is 19.8 Å². The molecule has 0 bridgehead atoms. The number of nitrogens with two attached hydrogens (primary N) is 1. The molecule has 0 unspecified atom stereocenters. The van der Waals surface area contributed by atoms with Gasteiger partial charge in [-0.25, -0.2) is 9.78 Å². The zero-order valence-corrected chi connectivity index (χ0v) is 14.5. The Morgan fingerprint density at radius 3 is 2.32 bits per heavy atom. The average Bonchev–Trinajstić information content (AvgIpc) is 2.95. The lowest BCUT2D eigenvalue weighted by atomic mass is 9.96. The van der Waals surface area contributed by atoms with Crippen LogP contribution >= 0.6 is 0 Å². The Bertz CT molecular complexity index is 773. The fraction of sp³-hybridized carbons (Fsp3) is 0.389. The number of amides is 3. The number of aromatic nitrogens is 2. The molecule has 1 aromatic carbocycles. The van der Waals surface area contributed by atoms with Crippen molar-refractivity contribution >= 4 is 17.6 Å². The lowest BCUT2D eigenvalue weighted by molar-refractivity contribution is -0.121. The van der Waals surface area contributed by atoms with Gasteiger partial charge in [0.2, 0.25) is 5.91 Å². The van der Waals surface area contributed by atoms with E-state index < -0.39 is 6.03 Å². The van der Waals surface area contributed by atoms with Crippen molar-refractivity contribution < 1.29 is 9.59 Å². The summed E-state index contributed by atoms with van der Waals surface area (Å²) in [4.78, 5) is 29.4. The van der Waals surface area contributed by atoms with Gasteiger partial charge in [-0.05, 0) is 51.0 Å². The molecule has 2 heterocycles. The van der Waals surface area contributed by atoms with E-state index in [1.54, 1.807) is 11.2 Å². The number of aryl methyl sites for hydroxylation is 1. The minimum atomic E-state index is -0.417. The lowest BCUT2D eigenvalue weighted by Crippen LogP contribution is -2.43. The first kappa shape index (κ1) is 17.0.